The molecule has 106 valence electrons. The third-order valence-electron chi connectivity index (χ3n) is 4.10. The molecule has 1 rings (SSSR count). The van der Waals surface area contributed by atoms with Crippen molar-refractivity contribution in [2.75, 3.05) is 13.1 Å². The Morgan fingerprint density at radius 3 is 2.53 bits per heavy atom. The van der Waals surface area contributed by atoms with Crippen LogP contribution in [0, 0.1) is 5.41 Å². The Bertz CT molecular complexity index is 369. The van der Waals surface area contributed by atoms with Crippen LogP contribution in [-0.2, 0) is 0 Å². The molecule has 1 aromatic heterocycles. The highest BCUT2D eigenvalue weighted by Gasteiger charge is 2.27. The van der Waals surface area contributed by atoms with E-state index in [-0.39, 0.29) is 0 Å². The standard InChI is InChI=1S/C16H27N3/c1-5-16(6-2,8-9-17-7-3)12-14(4)15-13-18-10-11-19-15/h10-11,13,17H,4-9,12H2,1-3H3. The van der Waals surface area contributed by atoms with Gasteiger partial charge in [-0.3, -0.25) is 9.97 Å². The lowest BCUT2D eigenvalue weighted by Gasteiger charge is -2.32. The predicted octanol–water partition coefficient (Wildman–Crippen LogP) is 3.69. The van der Waals surface area contributed by atoms with Crippen LogP contribution < -0.4 is 5.32 Å². The van der Waals surface area contributed by atoms with E-state index in [1.165, 1.54) is 19.3 Å². The average Bonchev–Trinajstić information content (AvgIpc) is 2.47. The number of aromatic nitrogens is 2. The molecule has 0 bridgehead atoms. The largest absolute Gasteiger partial charge is 0.317 e. The molecule has 0 aliphatic rings. The summed E-state index contributed by atoms with van der Waals surface area (Å²) in [4.78, 5) is 8.48. The second kappa shape index (κ2) is 8.05. The lowest BCUT2D eigenvalue weighted by atomic mass is 9.74. The number of allylic oxidation sites excluding steroid dienone is 1. The Kier molecular flexibility index (Phi) is 6.71. The van der Waals surface area contributed by atoms with E-state index in [0.717, 1.165) is 30.8 Å². The van der Waals surface area contributed by atoms with Crippen LogP contribution >= 0.6 is 0 Å². The van der Waals surface area contributed by atoms with Crippen LogP contribution in [0.2, 0.25) is 0 Å². The first-order valence-corrected chi connectivity index (χ1v) is 7.32. The minimum Gasteiger partial charge on any atom is -0.317 e. The fourth-order valence-electron chi connectivity index (χ4n) is 2.50. The van der Waals surface area contributed by atoms with Gasteiger partial charge in [0.2, 0.25) is 0 Å². The van der Waals surface area contributed by atoms with Crippen LogP contribution in [0.15, 0.2) is 25.2 Å². The van der Waals surface area contributed by atoms with E-state index in [0.29, 0.717) is 5.41 Å². The molecule has 0 aliphatic carbocycles. The third-order valence-corrected chi connectivity index (χ3v) is 4.10. The SMILES string of the molecule is C=C(CC(CC)(CC)CCNCC)c1cnccn1. The number of nitrogens with one attached hydrogen (secondary N) is 1. The first kappa shape index (κ1) is 15.8. The van der Waals surface area contributed by atoms with E-state index in [9.17, 15) is 0 Å². The molecule has 0 spiro atoms. The third kappa shape index (κ3) is 4.75. The second-order valence-electron chi connectivity index (χ2n) is 5.18. The maximum Gasteiger partial charge on any atom is 0.0839 e. The van der Waals surface area contributed by atoms with Crippen molar-refractivity contribution in [1.82, 2.24) is 15.3 Å². The molecule has 19 heavy (non-hydrogen) atoms. The van der Waals surface area contributed by atoms with Gasteiger partial charge < -0.3 is 5.32 Å². The Labute approximate surface area is 117 Å². The maximum atomic E-state index is 4.35. The van der Waals surface area contributed by atoms with Gasteiger partial charge in [0, 0.05) is 12.4 Å². The van der Waals surface area contributed by atoms with Gasteiger partial charge in [0.05, 0.1) is 11.9 Å². The highest BCUT2D eigenvalue weighted by Crippen LogP contribution is 2.38. The molecule has 0 amide bonds. The van der Waals surface area contributed by atoms with Gasteiger partial charge >= 0.3 is 0 Å². The summed E-state index contributed by atoms with van der Waals surface area (Å²) in [5.41, 5.74) is 2.36. The number of hydrogen-bond donors (Lipinski definition) is 1. The summed E-state index contributed by atoms with van der Waals surface area (Å²) >= 11 is 0. The van der Waals surface area contributed by atoms with Crippen molar-refractivity contribution in [2.24, 2.45) is 5.41 Å². The molecule has 1 heterocycles. The van der Waals surface area contributed by atoms with Crippen molar-refractivity contribution in [3.63, 3.8) is 0 Å². The molecule has 0 radical (unpaired) electrons. The monoisotopic (exact) mass is 261 g/mol. The smallest absolute Gasteiger partial charge is 0.0839 e. The zero-order chi connectivity index (χ0) is 14.1. The van der Waals surface area contributed by atoms with Gasteiger partial charge in [0.1, 0.15) is 0 Å². The molecular weight excluding hydrogens is 234 g/mol. The summed E-state index contributed by atoms with van der Waals surface area (Å²) in [6.07, 6.45) is 9.79. The molecule has 0 aromatic carbocycles. The zero-order valence-corrected chi connectivity index (χ0v) is 12.6. The van der Waals surface area contributed by atoms with Crippen molar-refractivity contribution >= 4 is 5.57 Å². The van der Waals surface area contributed by atoms with Crippen LogP contribution in [0.3, 0.4) is 0 Å². The number of rotatable bonds is 9. The van der Waals surface area contributed by atoms with Crippen molar-refractivity contribution in [1.29, 1.82) is 0 Å². The van der Waals surface area contributed by atoms with E-state index in [1.807, 2.05) is 6.20 Å². The summed E-state index contributed by atoms with van der Waals surface area (Å²) in [7, 11) is 0. The van der Waals surface area contributed by atoms with Gasteiger partial charge in [-0.2, -0.15) is 0 Å². The normalized spacial score (nSPS) is 11.5. The molecule has 1 N–H and O–H groups in total. The summed E-state index contributed by atoms with van der Waals surface area (Å²) in [5, 5.41) is 3.43. The molecule has 3 nitrogen and oxygen atoms in total. The topological polar surface area (TPSA) is 37.8 Å². The first-order chi connectivity index (χ1) is 9.17. The van der Waals surface area contributed by atoms with Crippen LogP contribution in [-0.4, -0.2) is 23.1 Å². The van der Waals surface area contributed by atoms with Crippen LogP contribution in [0.4, 0.5) is 0 Å². The van der Waals surface area contributed by atoms with Gasteiger partial charge in [0.25, 0.3) is 0 Å². The molecule has 0 unspecified atom stereocenters. The van der Waals surface area contributed by atoms with Crippen LogP contribution in [0.5, 0.6) is 0 Å². The van der Waals surface area contributed by atoms with Crippen molar-refractivity contribution in [2.45, 2.75) is 46.5 Å². The summed E-state index contributed by atoms with van der Waals surface area (Å²) in [6.45, 7) is 13.0. The number of hydrogen-bond acceptors (Lipinski definition) is 3. The molecule has 1 aromatic rings. The highest BCUT2D eigenvalue weighted by molar-refractivity contribution is 5.59. The quantitative estimate of drug-likeness (QED) is 0.689. The maximum absolute atomic E-state index is 4.35. The average molecular weight is 261 g/mol. The Balaban J connectivity index is 2.69. The van der Waals surface area contributed by atoms with Crippen molar-refractivity contribution in [3.8, 4) is 0 Å². The molecule has 0 saturated heterocycles. The van der Waals surface area contributed by atoms with Crippen molar-refractivity contribution < 1.29 is 0 Å². The van der Waals surface area contributed by atoms with Crippen LogP contribution in [0.1, 0.15) is 52.1 Å². The van der Waals surface area contributed by atoms with E-state index >= 15 is 0 Å². The van der Waals surface area contributed by atoms with Crippen molar-refractivity contribution in [3.05, 3.63) is 30.9 Å². The lowest BCUT2D eigenvalue weighted by molar-refractivity contribution is 0.244. The summed E-state index contributed by atoms with van der Waals surface area (Å²) in [5.74, 6) is 0. The Morgan fingerprint density at radius 2 is 2.00 bits per heavy atom. The molecule has 0 saturated carbocycles. The molecule has 0 atom stereocenters. The Morgan fingerprint density at radius 1 is 1.26 bits per heavy atom. The molecule has 3 heteroatoms. The summed E-state index contributed by atoms with van der Waals surface area (Å²) < 4.78 is 0. The van der Waals surface area contributed by atoms with Gasteiger partial charge in [-0.1, -0.05) is 40.2 Å². The minimum absolute atomic E-state index is 0.330. The van der Waals surface area contributed by atoms with Crippen LogP contribution in [0.25, 0.3) is 5.57 Å². The van der Waals surface area contributed by atoms with Gasteiger partial charge in [-0.05, 0) is 36.9 Å². The zero-order valence-electron chi connectivity index (χ0n) is 12.6. The van der Waals surface area contributed by atoms with E-state index in [4.69, 9.17) is 0 Å². The molecular formula is C16H27N3. The first-order valence-electron chi connectivity index (χ1n) is 7.32. The second-order valence-corrected chi connectivity index (χ2v) is 5.18. The number of nitrogens with zero attached hydrogens (tertiary/aromatic N) is 2. The predicted molar refractivity (Wildman–Crippen MR) is 81.9 cm³/mol. The van der Waals surface area contributed by atoms with E-state index in [2.05, 4.69) is 42.6 Å². The molecule has 0 aliphatic heterocycles. The fraction of sp³-hybridized carbons (Fsp3) is 0.625. The minimum atomic E-state index is 0.330. The van der Waals surface area contributed by atoms with Gasteiger partial charge in [-0.15, -0.1) is 0 Å². The highest BCUT2D eigenvalue weighted by atomic mass is 14.8. The molecule has 0 fully saturated rings. The summed E-state index contributed by atoms with van der Waals surface area (Å²) in [6, 6.07) is 0. The van der Waals surface area contributed by atoms with Gasteiger partial charge in [-0.25, -0.2) is 0 Å². The van der Waals surface area contributed by atoms with E-state index < -0.39 is 0 Å². The lowest BCUT2D eigenvalue weighted by Crippen LogP contribution is -2.26. The van der Waals surface area contributed by atoms with Gasteiger partial charge in [0.15, 0.2) is 0 Å². The fourth-order valence-corrected chi connectivity index (χ4v) is 2.50. The van der Waals surface area contributed by atoms with E-state index in [1.54, 1.807) is 12.4 Å². The Hall–Kier alpha value is -1.22.